The largest absolute Gasteiger partial charge is 0.507 e. The van der Waals surface area contributed by atoms with Crippen LogP contribution >= 0.6 is 11.8 Å². The molecule has 0 saturated heterocycles. The van der Waals surface area contributed by atoms with E-state index in [0.29, 0.717) is 22.6 Å². The van der Waals surface area contributed by atoms with Crippen LogP contribution in [0.4, 0.5) is 0 Å². The second-order valence-corrected chi connectivity index (χ2v) is 5.83. The number of hydrogen-bond acceptors (Lipinski definition) is 5. The summed E-state index contributed by atoms with van der Waals surface area (Å²) in [5.74, 6) is -1.28. The fourth-order valence-electron chi connectivity index (χ4n) is 1.93. The van der Waals surface area contributed by atoms with Gasteiger partial charge in [-0.1, -0.05) is 17.8 Å². The molecule has 0 atom stereocenters. The summed E-state index contributed by atoms with van der Waals surface area (Å²) >= 11 is 1.33. The second kappa shape index (κ2) is 7.69. The smallest absolute Gasteiger partial charge is 0.338 e. The van der Waals surface area contributed by atoms with Gasteiger partial charge in [-0.2, -0.15) is 0 Å². The quantitative estimate of drug-likeness (QED) is 0.789. The molecule has 0 fully saturated rings. The van der Waals surface area contributed by atoms with Gasteiger partial charge in [0.25, 0.3) is 0 Å². The van der Waals surface area contributed by atoms with Crippen molar-refractivity contribution in [1.29, 1.82) is 0 Å². The minimum absolute atomic E-state index is 0.0308. The molecule has 120 valence electrons. The first-order valence-electron chi connectivity index (χ1n) is 6.98. The number of carbonyl (C=O) groups is 2. The van der Waals surface area contributed by atoms with E-state index in [1.807, 2.05) is 0 Å². The molecule has 0 aliphatic carbocycles. The van der Waals surface area contributed by atoms with Crippen LogP contribution < -0.4 is 0 Å². The molecule has 2 rings (SSSR count). The van der Waals surface area contributed by atoms with Crippen molar-refractivity contribution in [2.24, 2.45) is 0 Å². The highest BCUT2D eigenvalue weighted by Gasteiger charge is 2.09. The molecule has 6 heteroatoms. The van der Waals surface area contributed by atoms with Crippen molar-refractivity contribution in [3.63, 3.8) is 0 Å². The van der Waals surface area contributed by atoms with Crippen molar-refractivity contribution >= 4 is 23.7 Å². The summed E-state index contributed by atoms with van der Waals surface area (Å²) in [6.07, 6.45) is -0.132. The van der Waals surface area contributed by atoms with Crippen LogP contribution in [-0.4, -0.2) is 28.8 Å². The predicted octanol–water partition coefficient (Wildman–Crippen LogP) is 3.35. The maximum absolute atomic E-state index is 11.6. The van der Waals surface area contributed by atoms with E-state index in [4.69, 9.17) is 9.84 Å². The van der Waals surface area contributed by atoms with Gasteiger partial charge >= 0.3 is 11.9 Å². The van der Waals surface area contributed by atoms with E-state index in [1.165, 1.54) is 17.8 Å². The summed E-state index contributed by atoms with van der Waals surface area (Å²) in [5, 5.41) is 18.7. The average molecular weight is 332 g/mol. The zero-order valence-corrected chi connectivity index (χ0v) is 13.3. The van der Waals surface area contributed by atoms with Gasteiger partial charge in [-0.3, -0.25) is 4.79 Å². The van der Waals surface area contributed by atoms with E-state index in [1.54, 1.807) is 43.3 Å². The third-order valence-electron chi connectivity index (χ3n) is 2.97. The molecule has 0 unspecified atom stereocenters. The molecular formula is C17H16O5S. The van der Waals surface area contributed by atoms with E-state index in [0.717, 1.165) is 4.90 Å². The van der Waals surface area contributed by atoms with Gasteiger partial charge in [-0.25, -0.2) is 4.79 Å². The van der Waals surface area contributed by atoms with Gasteiger partial charge in [-0.05, 0) is 48.9 Å². The van der Waals surface area contributed by atoms with E-state index in [-0.39, 0.29) is 18.1 Å². The number of aliphatic carboxylic acids is 1. The van der Waals surface area contributed by atoms with Crippen molar-refractivity contribution in [3.05, 3.63) is 53.6 Å². The minimum Gasteiger partial charge on any atom is -0.507 e. The van der Waals surface area contributed by atoms with Gasteiger partial charge in [0.1, 0.15) is 5.75 Å². The summed E-state index contributed by atoms with van der Waals surface area (Å²) in [6.45, 7) is 2.07. The number of aromatic hydroxyl groups is 1. The Kier molecular flexibility index (Phi) is 5.65. The Hall–Kier alpha value is -2.47. The van der Waals surface area contributed by atoms with Gasteiger partial charge < -0.3 is 14.9 Å². The zero-order valence-electron chi connectivity index (χ0n) is 12.5. The molecule has 0 radical (unpaired) electrons. The van der Waals surface area contributed by atoms with E-state index < -0.39 is 5.97 Å². The molecular weight excluding hydrogens is 316 g/mol. The first-order chi connectivity index (χ1) is 11.0. The van der Waals surface area contributed by atoms with Crippen molar-refractivity contribution in [2.45, 2.75) is 23.1 Å². The number of hydrogen-bond donors (Lipinski definition) is 2. The van der Waals surface area contributed by atoms with E-state index in [9.17, 15) is 14.7 Å². The summed E-state index contributed by atoms with van der Waals surface area (Å²) in [7, 11) is 0. The van der Waals surface area contributed by atoms with E-state index in [2.05, 4.69) is 0 Å². The van der Waals surface area contributed by atoms with Crippen LogP contribution in [0.5, 0.6) is 5.75 Å². The predicted molar refractivity (Wildman–Crippen MR) is 86.0 cm³/mol. The summed E-state index contributed by atoms with van der Waals surface area (Å²) < 4.78 is 4.92. The molecule has 5 nitrogen and oxygen atoms in total. The zero-order chi connectivity index (χ0) is 16.8. The Morgan fingerprint density at radius 3 is 2.39 bits per heavy atom. The third kappa shape index (κ3) is 4.75. The lowest BCUT2D eigenvalue weighted by atomic mass is 10.1. The lowest BCUT2D eigenvalue weighted by molar-refractivity contribution is -0.136. The highest BCUT2D eigenvalue weighted by atomic mass is 32.2. The number of phenols is 1. The lowest BCUT2D eigenvalue weighted by Gasteiger charge is -2.07. The van der Waals surface area contributed by atoms with Crippen molar-refractivity contribution < 1.29 is 24.5 Å². The number of carboxylic acids is 1. The van der Waals surface area contributed by atoms with Crippen molar-refractivity contribution in [3.8, 4) is 5.75 Å². The number of ether oxygens (including phenoxy) is 1. The normalized spacial score (nSPS) is 10.3. The van der Waals surface area contributed by atoms with Crippen LogP contribution in [0.25, 0.3) is 0 Å². The molecule has 0 aliphatic heterocycles. The number of esters is 1. The molecule has 23 heavy (non-hydrogen) atoms. The van der Waals surface area contributed by atoms with Crippen LogP contribution in [0.2, 0.25) is 0 Å². The Morgan fingerprint density at radius 2 is 1.83 bits per heavy atom. The highest BCUT2D eigenvalue weighted by Crippen LogP contribution is 2.35. The fraction of sp³-hybridized carbons (Fsp3) is 0.176. The molecule has 0 amide bonds. The maximum Gasteiger partial charge on any atom is 0.338 e. The highest BCUT2D eigenvalue weighted by molar-refractivity contribution is 7.99. The monoisotopic (exact) mass is 332 g/mol. The van der Waals surface area contributed by atoms with Crippen LogP contribution in [0.15, 0.2) is 52.3 Å². The van der Waals surface area contributed by atoms with Crippen LogP contribution in [0, 0.1) is 0 Å². The summed E-state index contributed by atoms with van der Waals surface area (Å²) in [6, 6.07) is 11.7. The Labute approximate surface area is 137 Å². The number of rotatable bonds is 6. The molecule has 0 spiro atoms. The van der Waals surface area contributed by atoms with Crippen LogP contribution in [0.3, 0.4) is 0 Å². The van der Waals surface area contributed by atoms with Crippen molar-refractivity contribution in [1.82, 2.24) is 0 Å². The van der Waals surface area contributed by atoms with Crippen LogP contribution in [-0.2, 0) is 16.0 Å². The molecule has 2 aromatic rings. The van der Waals surface area contributed by atoms with Crippen LogP contribution in [0.1, 0.15) is 22.8 Å². The molecule has 0 aliphatic rings. The Balaban J connectivity index is 2.10. The Bertz CT molecular complexity index is 709. The summed E-state index contributed by atoms with van der Waals surface area (Å²) in [5.41, 5.74) is 1.01. The molecule has 0 aromatic heterocycles. The van der Waals surface area contributed by atoms with Gasteiger partial charge in [0.15, 0.2) is 0 Å². The second-order valence-electron chi connectivity index (χ2n) is 4.72. The minimum atomic E-state index is -0.945. The first-order valence-corrected chi connectivity index (χ1v) is 7.80. The van der Waals surface area contributed by atoms with Gasteiger partial charge in [0, 0.05) is 4.90 Å². The number of benzene rings is 2. The molecule has 0 heterocycles. The maximum atomic E-state index is 11.6. The number of carbonyl (C=O) groups excluding carboxylic acids is 1. The van der Waals surface area contributed by atoms with E-state index >= 15 is 0 Å². The SMILES string of the molecule is CCOC(=O)c1ccc(Sc2ccc(CC(=O)O)cc2O)cc1. The number of carboxylic acid groups (broad SMARTS) is 1. The molecule has 0 bridgehead atoms. The summed E-state index contributed by atoms with van der Waals surface area (Å²) in [4.78, 5) is 23.7. The van der Waals surface area contributed by atoms with Crippen molar-refractivity contribution in [2.75, 3.05) is 6.61 Å². The number of phenolic OH excluding ortho intramolecular Hbond substituents is 1. The molecule has 2 aromatic carbocycles. The van der Waals surface area contributed by atoms with Gasteiger partial charge in [0.05, 0.1) is 23.5 Å². The fourth-order valence-corrected chi connectivity index (χ4v) is 2.76. The lowest BCUT2D eigenvalue weighted by Crippen LogP contribution is -2.03. The van der Waals surface area contributed by atoms with Gasteiger partial charge in [0.2, 0.25) is 0 Å². The molecule has 0 saturated carbocycles. The average Bonchev–Trinajstić information content (AvgIpc) is 2.50. The third-order valence-corrected chi connectivity index (χ3v) is 4.04. The topological polar surface area (TPSA) is 83.8 Å². The Morgan fingerprint density at radius 1 is 1.13 bits per heavy atom. The molecule has 2 N–H and O–H groups in total. The standard InChI is InChI=1S/C17H16O5S/c1-2-22-17(21)12-4-6-13(7-5-12)23-15-8-3-11(9-14(15)18)10-16(19)20/h3-9,18H,2,10H2,1H3,(H,19,20). The van der Waals surface area contributed by atoms with Gasteiger partial charge in [-0.15, -0.1) is 0 Å². The first kappa shape index (κ1) is 16.9.